The molecule has 7 heteroatoms. The van der Waals surface area contributed by atoms with Gasteiger partial charge >= 0.3 is 0 Å². The quantitative estimate of drug-likeness (QED) is 0.436. The third-order valence-corrected chi connectivity index (χ3v) is 5.89. The number of rotatable bonds is 5. The maximum atomic E-state index is 12.0. The first-order valence-electron chi connectivity index (χ1n) is 11.3. The summed E-state index contributed by atoms with van der Waals surface area (Å²) in [5.74, 6) is 7.43. The number of H-pyrrole nitrogens is 1. The summed E-state index contributed by atoms with van der Waals surface area (Å²) >= 11 is 0. The third-order valence-electron chi connectivity index (χ3n) is 5.89. The van der Waals surface area contributed by atoms with Crippen molar-refractivity contribution in [2.75, 3.05) is 18.0 Å². The van der Waals surface area contributed by atoms with Gasteiger partial charge in [-0.1, -0.05) is 36.3 Å². The van der Waals surface area contributed by atoms with Gasteiger partial charge in [-0.2, -0.15) is 0 Å². The van der Waals surface area contributed by atoms with Crippen molar-refractivity contribution in [1.82, 2.24) is 20.3 Å². The molecule has 1 aliphatic rings. The third kappa shape index (κ3) is 4.57. The van der Waals surface area contributed by atoms with E-state index in [1.807, 2.05) is 60.8 Å². The maximum absolute atomic E-state index is 12.0. The van der Waals surface area contributed by atoms with E-state index in [0.717, 1.165) is 58.9 Å². The Bertz CT molecular complexity index is 1350. The Labute approximate surface area is 198 Å². The topological polar surface area (TPSA) is 83.1 Å². The molecule has 1 amide bonds. The zero-order valence-corrected chi connectivity index (χ0v) is 18.9. The van der Waals surface area contributed by atoms with Crippen LogP contribution in [0.2, 0.25) is 0 Å². The summed E-state index contributed by atoms with van der Waals surface area (Å²) in [4.78, 5) is 26.6. The molecular formula is C27H25N5O2. The van der Waals surface area contributed by atoms with Crippen LogP contribution in [0.5, 0.6) is 11.5 Å². The zero-order chi connectivity index (χ0) is 23.3. The number of piperidine rings is 1. The fraction of sp³-hybridized carbons (Fsp3) is 0.222. The van der Waals surface area contributed by atoms with Gasteiger partial charge in [0, 0.05) is 30.9 Å². The second-order valence-corrected chi connectivity index (χ2v) is 8.20. The average Bonchev–Trinajstić information content (AvgIpc) is 3.30. The number of aromatic nitrogens is 3. The summed E-state index contributed by atoms with van der Waals surface area (Å²) in [6, 6.07) is 17.8. The van der Waals surface area contributed by atoms with Crippen molar-refractivity contribution in [2.24, 2.45) is 0 Å². The molecule has 2 aromatic heterocycles. The van der Waals surface area contributed by atoms with Crippen molar-refractivity contribution in [2.45, 2.75) is 25.8 Å². The Kier molecular flexibility index (Phi) is 6.13. The smallest absolute Gasteiger partial charge is 0.296 e. The normalized spacial score (nSPS) is 15.4. The van der Waals surface area contributed by atoms with Crippen LogP contribution in [0.1, 0.15) is 19.8 Å². The molecule has 2 N–H and O–H groups in total. The van der Waals surface area contributed by atoms with Crippen molar-refractivity contribution < 1.29 is 9.53 Å². The number of nitrogens with one attached hydrogen (secondary N) is 2. The summed E-state index contributed by atoms with van der Waals surface area (Å²) in [7, 11) is 0. The van der Waals surface area contributed by atoms with E-state index in [1.54, 1.807) is 13.3 Å². The Morgan fingerprint density at radius 1 is 1.12 bits per heavy atom. The number of anilines is 1. The van der Waals surface area contributed by atoms with Gasteiger partial charge in [-0.15, -0.1) is 0 Å². The predicted molar refractivity (Wildman–Crippen MR) is 133 cm³/mol. The number of carbonyl (C=O) groups is 1. The molecule has 4 aromatic rings. The molecule has 2 aromatic carbocycles. The number of para-hydroxylation sites is 1. The van der Waals surface area contributed by atoms with Gasteiger partial charge in [0.2, 0.25) is 0 Å². The molecule has 7 nitrogen and oxygen atoms in total. The van der Waals surface area contributed by atoms with E-state index in [0.29, 0.717) is 6.54 Å². The molecule has 5 rings (SSSR count). The van der Waals surface area contributed by atoms with Crippen molar-refractivity contribution in [3.8, 4) is 34.5 Å². The van der Waals surface area contributed by atoms with Gasteiger partial charge in [-0.25, -0.2) is 9.97 Å². The first-order valence-corrected chi connectivity index (χ1v) is 11.3. The highest BCUT2D eigenvalue weighted by molar-refractivity contribution is 6.01. The van der Waals surface area contributed by atoms with Crippen molar-refractivity contribution in [1.29, 1.82) is 0 Å². The fourth-order valence-corrected chi connectivity index (χ4v) is 4.36. The number of benzene rings is 2. The molecule has 1 fully saturated rings. The Hall–Kier alpha value is -4.31. The van der Waals surface area contributed by atoms with E-state index in [4.69, 9.17) is 4.74 Å². The summed E-state index contributed by atoms with van der Waals surface area (Å²) in [5, 5.41) is 3.99. The molecule has 3 heterocycles. The minimum Gasteiger partial charge on any atom is -0.457 e. The molecule has 0 spiro atoms. The summed E-state index contributed by atoms with van der Waals surface area (Å²) in [6.45, 7) is 3.21. The van der Waals surface area contributed by atoms with Crippen LogP contribution >= 0.6 is 0 Å². The molecule has 170 valence electrons. The van der Waals surface area contributed by atoms with E-state index in [2.05, 4.69) is 37.0 Å². The van der Waals surface area contributed by atoms with Gasteiger partial charge in [0.05, 0.1) is 5.39 Å². The van der Waals surface area contributed by atoms with Crippen LogP contribution in [-0.4, -0.2) is 40.0 Å². The number of aromatic amines is 1. The zero-order valence-electron chi connectivity index (χ0n) is 18.9. The number of amides is 1. The van der Waals surface area contributed by atoms with Gasteiger partial charge < -0.3 is 19.9 Å². The molecule has 1 unspecified atom stereocenters. The van der Waals surface area contributed by atoms with E-state index < -0.39 is 0 Å². The number of ether oxygens (including phenoxy) is 1. The highest BCUT2D eigenvalue weighted by Crippen LogP contribution is 2.35. The highest BCUT2D eigenvalue weighted by Gasteiger charge is 2.25. The molecule has 34 heavy (non-hydrogen) atoms. The number of carbonyl (C=O) groups excluding carboxylic acids is 1. The predicted octanol–water partition coefficient (Wildman–Crippen LogP) is 4.53. The van der Waals surface area contributed by atoms with Crippen molar-refractivity contribution in [3.05, 3.63) is 67.1 Å². The van der Waals surface area contributed by atoms with Crippen LogP contribution in [0.3, 0.4) is 0 Å². The lowest BCUT2D eigenvalue weighted by atomic mass is 10.0. The van der Waals surface area contributed by atoms with Gasteiger partial charge in [-0.3, -0.25) is 4.79 Å². The van der Waals surface area contributed by atoms with Crippen LogP contribution in [-0.2, 0) is 4.79 Å². The van der Waals surface area contributed by atoms with Crippen LogP contribution in [0.15, 0.2) is 67.1 Å². The molecule has 0 radical (unpaired) electrons. The summed E-state index contributed by atoms with van der Waals surface area (Å²) in [5.41, 5.74) is 2.86. The van der Waals surface area contributed by atoms with E-state index in [1.165, 1.54) is 0 Å². The van der Waals surface area contributed by atoms with Gasteiger partial charge in [0.25, 0.3) is 5.91 Å². The van der Waals surface area contributed by atoms with E-state index in [9.17, 15) is 4.79 Å². The Morgan fingerprint density at radius 3 is 2.71 bits per heavy atom. The number of hydrogen-bond acceptors (Lipinski definition) is 5. The van der Waals surface area contributed by atoms with Crippen LogP contribution in [0.4, 0.5) is 5.82 Å². The summed E-state index contributed by atoms with van der Waals surface area (Å²) in [6.07, 6.45) is 5.43. The lowest BCUT2D eigenvalue weighted by Gasteiger charge is -2.34. The van der Waals surface area contributed by atoms with E-state index in [-0.39, 0.29) is 11.9 Å². The van der Waals surface area contributed by atoms with Gasteiger partial charge in [-0.05, 0) is 55.5 Å². The lowest BCUT2D eigenvalue weighted by molar-refractivity contribution is -0.116. The molecule has 0 bridgehead atoms. The molecule has 1 aliphatic heterocycles. The van der Waals surface area contributed by atoms with Crippen LogP contribution in [0, 0.1) is 11.8 Å². The standard InChI is InChI=1S/C27H25N5O2/c1-2-7-24(33)31-20-8-6-15-32(17-20)27-25-23(16-28-26(25)29-18-30-27)19-11-13-22(14-12-19)34-21-9-4-3-5-10-21/h3-5,9-14,16,18,20H,6,8,15,17H2,1H3,(H,31,33)(H,28,29,30). The van der Waals surface area contributed by atoms with Gasteiger partial charge in [0.15, 0.2) is 0 Å². The minimum absolute atomic E-state index is 0.0314. The average molecular weight is 452 g/mol. The molecule has 1 saturated heterocycles. The number of nitrogens with zero attached hydrogens (tertiary/aromatic N) is 3. The van der Waals surface area contributed by atoms with Crippen LogP contribution < -0.4 is 15.0 Å². The second kappa shape index (κ2) is 9.67. The SMILES string of the molecule is CC#CC(=O)NC1CCCN(c2ncnc3[nH]cc(-c4ccc(Oc5ccccc5)cc4)c23)C1. The summed E-state index contributed by atoms with van der Waals surface area (Å²) < 4.78 is 5.93. The molecule has 0 aliphatic carbocycles. The second-order valence-electron chi connectivity index (χ2n) is 8.20. The molecule has 0 saturated carbocycles. The maximum Gasteiger partial charge on any atom is 0.296 e. The molecule has 1 atom stereocenters. The van der Waals surface area contributed by atoms with Gasteiger partial charge in [0.1, 0.15) is 29.3 Å². The Balaban J connectivity index is 1.42. The fourth-order valence-electron chi connectivity index (χ4n) is 4.36. The largest absolute Gasteiger partial charge is 0.457 e. The van der Waals surface area contributed by atoms with Crippen molar-refractivity contribution in [3.63, 3.8) is 0 Å². The first-order chi connectivity index (χ1) is 16.7. The first kappa shape index (κ1) is 21.5. The minimum atomic E-state index is -0.234. The Morgan fingerprint density at radius 2 is 1.91 bits per heavy atom. The monoisotopic (exact) mass is 451 g/mol. The number of hydrogen-bond donors (Lipinski definition) is 2. The lowest BCUT2D eigenvalue weighted by Crippen LogP contribution is -2.47. The van der Waals surface area contributed by atoms with Crippen LogP contribution in [0.25, 0.3) is 22.2 Å². The molecular weight excluding hydrogens is 426 g/mol. The van der Waals surface area contributed by atoms with Crippen molar-refractivity contribution >= 4 is 22.8 Å². The van der Waals surface area contributed by atoms with E-state index >= 15 is 0 Å². The number of fused-ring (bicyclic) bond motifs is 1. The highest BCUT2D eigenvalue weighted by atomic mass is 16.5.